The van der Waals surface area contributed by atoms with Gasteiger partial charge in [0.2, 0.25) is 0 Å². The van der Waals surface area contributed by atoms with Gasteiger partial charge in [0.15, 0.2) is 18.9 Å². The van der Waals surface area contributed by atoms with Crippen molar-refractivity contribution < 1.29 is 64.2 Å². The standard InChI is InChI=1S/C21H38N4O13/c1-6(2-22)33-18-12(25)19(32)34-9(5-28)17(18)38-21-11(24)15(31)16(8(4-27)36-21)37-20-10(23)14(30)13(29)7(3-26)35-20/h6-21,26-32H,3-5,23-25H2,1H3/t6?,7-,8-,9-,10-,11-,12-,13-,14-,15-,16?,17?,18-,19-,20+,21+/m1/s1. The molecule has 3 aliphatic rings. The van der Waals surface area contributed by atoms with Crippen molar-refractivity contribution >= 4 is 0 Å². The Morgan fingerprint density at radius 1 is 0.711 bits per heavy atom. The minimum Gasteiger partial charge on any atom is -0.394 e. The molecular formula is C21H38N4O13. The number of hydrogen-bond acceptors (Lipinski definition) is 17. The van der Waals surface area contributed by atoms with Crippen molar-refractivity contribution in [3.8, 4) is 6.07 Å². The van der Waals surface area contributed by atoms with Gasteiger partial charge in [-0.3, -0.25) is 0 Å². The molecular weight excluding hydrogens is 516 g/mol. The van der Waals surface area contributed by atoms with Crippen LogP contribution >= 0.6 is 0 Å². The average Bonchev–Trinajstić information content (AvgIpc) is 2.91. The summed E-state index contributed by atoms with van der Waals surface area (Å²) < 4.78 is 33.7. The Labute approximate surface area is 218 Å². The molecule has 3 aliphatic heterocycles. The molecule has 13 N–H and O–H groups in total. The third-order valence-electron chi connectivity index (χ3n) is 6.85. The molecule has 17 heteroatoms. The minimum atomic E-state index is -1.58. The van der Waals surface area contributed by atoms with E-state index in [4.69, 9.17) is 50.9 Å². The fraction of sp³-hybridized carbons (Fsp3) is 0.952. The van der Waals surface area contributed by atoms with Crippen LogP contribution in [0.3, 0.4) is 0 Å². The van der Waals surface area contributed by atoms with Gasteiger partial charge in [0.25, 0.3) is 0 Å². The minimum absolute atomic E-state index is 0.647. The van der Waals surface area contributed by atoms with Crippen molar-refractivity contribution in [2.45, 2.75) is 105 Å². The molecule has 0 aromatic rings. The van der Waals surface area contributed by atoms with Gasteiger partial charge >= 0.3 is 0 Å². The summed E-state index contributed by atoms with van der Waals surface area (Å²) in [5.74, 6) is 0. The molecule has 0 saturated carbocycles. The molecule has 0 bridgehead atoms. The number of hydrogen-bond donors (Lipinski definition) is 10. The largest absolute Gasteiger partial charge is 0.394 e. The molecule has 0 spiro atoms. The lowest BCUT2D eigenvalue weighted by Gasteiger charge is -2.49. The quantitative estimate of drug-likeness (QED) is 0.127. The summed E-state index contributed by atoms with van der Waals surface area (Å²) in [6.07, 6.45) is -17.5. The van der Waals surface area contributed by atoms with Gasteiger partial charge < -0.3 is 81.4 Å². The summed E-state index contributed by atoms with van der Waals surface area (Å²) in [4.78, 5) is 0. The smallest absolute Gasteiger partial charge is 0.176 e. The zero-order chi connectivity index (χ0) is 28.3. The number of nitrogens with zero attached hydrogens (tertiary/aromatic N) is 1. The van der Waals surface area contributed by atoms with Crippen LogP contribution < -0.4 is 17.2 Å². The predicted octanol–water partition coefficient (Wildman–Crippen LogP) is -6.74. The second kappa shape index (κ2) is 13.5. The van der Waals surface area contributed by atoms with Crippen molar-refractivity contribution in [1.29, 1.82) is 5.26 Å². The van der Waals surface area contributed by atoms with Gasteiger partial charge in [-0.15, -0.1) is 0 Å². The Hall–Kier alpha value is -1.15. The van der Waals surface area contributed by atoms with Crippen molar-refractivity contribution in [1.82, 2.24) is 0 Å². The van der Waals surface area contributed by atoms with Gasteiger partial charge in [-0.1, -0.05) is 0 Å². The Morgan fingerprint density at radius 3 is 1.76 bits per heavy atom. The molecule has 3 unspecified atom stereocenters. The van der Waals surface area contributed by atoms with Crippen molar-refractivity contribution in [2.24, 2.45) is 17.2 Å². The summed E-state index contributed by atoms with van der Waals surface area (Å²) in [6, 6.07) is -1.97. The maximum Gasteiger partial charge on any atom is 0.176 e. The number of nitriles is 1. The third-order valence-corrected chi connectivity index (χ3v) is 6.85. The Kier molecular flexibility index (Phi) is 11.1. The van der Waals surface area contributed by atoms with E-state index in [1.54, 1.807) is 0 Å². The lowest BCUT2D eigenvalue weighted by molar-refractivity contribution is -0.350. The van der Waals surface area contributed by atoms with Crippen LogP contribution in [-0.2, 0) is 28.4 Å². The summed E-state index contributed by atoms with van der Waals surface area (Å²) >= 11 is 0. The second-order valence-corrected chi connectivity index (χ2v) is 9.48. The number of aliphatic hydroxyl groups is 7. The normalized spacial score (nSPS) is 48.8. The molecule has 220 valence electrons. The number of aliphatic hydroxyl groups excluding tert-OH is 7. The summed E-state index contributed by atoms with van der Waals surface area (Å²) in [6.45, 7) is -0.580. The fourth-order valence-electron chi connectivity index (χ4n) is 4.60. The van der Waals surface area contributed by atoms with E-state index in [2.05, 4.69) is 0 Å². The Bertz CT molecular complexity index is 791. The summed E-state index contributed by atoms with van der Waals surface area (Å²) in [5.41, 5.74) is 18.1. The van der Waals surface area contributed by atoms with Crippen LogP contribution in [0.15, 0.2) is 0 Å². The molecule has 0 radical (unpaired) electrons. The first-order valence-corrected chi connectivity index (χ1v) is 12.1. The van der Waals surface area contributed by atoms with Gasteiger partial charge in [-0.25, -0.2) is 0 Å². The van der Waals surface area contributed by atoms with Gasteiger partial charge in [0, 0.05) is 0 Å². The Morgan fingerprint density at radius 2 is 1.21 bits per heavy atom. The van der Waals surface area contributed by atoms with Crippen LogP contribution in [0.1, 0.15) is 6.92 Å². The molecule has 16 atom stereocenters. The van der Waals surface area contributed by atoms with Crippen LogP contribution in [0.5, 0.6) is 0 Å². The maximum absolute atomic E-state index is 11.0. The van der Waals surface area contributed by atoms with Crippen LogP contribution in [0.4, 0.5) is 0 Å². The monoisotopic (exact) mass is 554 g/mol. The van der Waals surface area contributed by atoms with Gasteiger partial charge in [-0.05, 0) is 6.92 Å². The van der Waals surface area contributed by atoms with E-state index in [1.165, 1.54) is 6.92 Å². The molecule has 3 saturated heterocycles. The molecule has 0 aliphatic carbocycles. The van der Waals surface area contributed by atoms with Gasteiger partial charge in [0.1, 0.15) is 61.0 Å². The van der Waals surface area contributed by atoms with Gasteiger partial charge in [-0.2, -0.15) is 5.26 Å². The van der Waals surface area contributed by atoms with Crippen LogP contribution in [-0.4, -0.2) is 154 Å². The van der Waals surface area contributed by atoms with E-state index < -0.39 is 118 Å². The van der Waals surface area contributed by atoms with Crippen molar-refractivity contribution in [3.63, 3.8) is 0 Å². The zero-order valence-electron chi connectivity index (χ0n) is 20.6. The van der Waals surface area contributed by atoms with Crippen molar-refractivity contribution in [2.75, 3.05) is 19.8 Å². The maximum atomic E-state index is 11.0. The molecule has 3 heterocycles. The van der Waals surface area contributed by atoms with E-state index in [0.29, 0.717) is 0 Å². The average molecular weight is 555 g/mol. The SMILES string of the molecule is CC(C#N)O[C@H]1C(O[C@@H]2O[C@H](CO)C(O[C@@H]3O[C@H](CO)[C@@H](O)[C@H](O)[C@H]3N)[C@H](O)[C@H]2N)[C@@H](CO)O[C@@H](O)[C@@H]1N. The van der Waals surface area contributed by atoms with E-state index >= 15 is 0 Å². The first kappa shape index (κ1) is 31.4. The van der Waals surface area contributed by atoms with E-state index in [0.717, 1.165) is 0 Å². The highest BCUT2D eigenvalue weighted by Gasteiger charge is 2.52. The summed E-state index contributed by atoms with van der Waals surface area (Å²) in [5, 5.41) is 79.6. The number of rotatable bonds is 9. The highest BCUT2D eigenvalue weighted by molar-refractivity contribution is 4.99. The van der Waals surface area contributed by atoms with E-state index in [-0.39, 0.29) is 0 Å². The molecule has 0 aromatic carbocycles. The molecule has 0 aromatic heterocycles. The lowest BCUT2D eigenvalue weighted by atomic mass is 9.94. The van der Waals surface area contributed by atoms with Gasteiger partial charge in [0.05, 0.1) is 44.0 Å². The highest BCUT2D eigenvalue weighted by atomic mass is 16.7. The van der Waals surface area contributed by atoms with E-state index in [9.17, 15) is 35.7 Å². The van der Waals surface area contributed by atoms with Crippen LogP contribution in [0.2, 0.25) is 0 Å². The zero-order valence-corrected chi connectivity index (χ0v) is 20.6. The molecule has 17 nitrogen and oxygen atoms in total. The highest BCUT2D eigenvalue weighted by Crippen LogP contribution is 2.32. The number of ether oxygens (including phenoxy) is 6. The first-order chi connectivity index (χ1) is 18.0. The topological polar surface area (TPSA) is 299 Å². The molecule has 0 amide bonds. The fourth-order valence-corrected chi connectivity index (χ4v) is 4.60. The van der Waals surface area contributed by atoms with E-state index in [1.807, 2.05) is 6.07 Å². The third kappa shape index (κ3) is 6.42. The number of nitrogens with two attached hydrogens (primary N) is 3. The van der Waals surface area contributed by atoms with Crippen molar-refractivity contribution in [3.05, 3.63) is 0 Å². The predicted molar refractivity (Wildman–Crippen MR) is 121 cm³/mol. The summed E-state index contributed by atoms with van der Waals surface area (Å²) in [7, 11) is 0. The van der Waals surface area contributed by atoms with Crippen LogP contribution in [0, 0.1) is 11.3 Å². The molecule has 38 heavy (non-hydrogen) atoms. The Balaban J connectivity index is 1.77. The molecule has 3 fully saturated rings. The van der Waals surface area contributed by atoms with Crippen LogP contribution in [0.25, 0.3) is 0 Å². The lowest BCUT2D eigenvalue weighted by Crippen LogP contribution is -2.69. The molecule has 3 rings (SSSR count). The second-order valence-electron chi connectivity index (χ2n) is 9.48. The first-order valence-electron chi connectivity index (χ1n) is 12.1.